The lowest BCUT2D eigenvalue weighted by Gasteiger charge is -2.39. The summed E-state index contributed by atoms with van der Waals surface area (Å²) in [6.45, 7) is 11.7. The second-order valence-corrected chi connectivity index (χ2v) is 8.61. The molecule has 1 aliphatic carbocycles. The molecule has 0 amide bonds. The molecule has 0 bridgehead atoms. The Labute approximate surface area is 189 Å². The Hall–Kier alpha value is -1.90. The molecule has 2 heteroatoms. The summed E-state index contributed by atoms with van der Waals surface area (Å²) in [7, 11) is 0. The van der Waals surface area contributed by atoms with Crippen LogP contribution in [0.5, 0.6) is 0 Å². The van der Waals surface area contributed by atoms with Crippen molar-refractivity contribution < 1.29 is 9.47 Å². The molecule has 0 radical (unpaired) electrons. The van der Waals surface area contributed by atoms with Gasteiger partial charge in [-0.05, 0) is 60.6 Å². The summed E-state index contributed by atoms with van der Waals surface area (Å²) in [5.74, 6) is -0.642. The Bertz CT molecular complexity index is 832. The van der Waals surface area contributed by atoms with Crippen molar-refractivity contribution in [2.45, 2.75) is 83.8 Å². The quantitative estimate of drug-likeness (QED) is 0.149. The Morgan fingerprint density at radius 1 is 0.871 bits per heavy atom. The standard InChI is InChI=1S/C29H40O2/c1-5-9-10-11-12-13-21-28(29(6-2,30-7-3)31-8-4)26-20-16-19-25-24-18-15-14-17-23(24)22-27(25)26/h6,14-20,28H,2,5,7-13,21-22H2,1,3-4H3. The van der Waals surface area contributed by atoms with Crippen LogP contribution in [0.15, 0.2) is 55.1 Å². The van der Waals surface area contributed by atoms with Gasteiger partial charge in [-0.25, -0.2) is 0 Å². The molecule has 1 unspecified atom stereocenters. The molecule has 1 aliphatic rings. The number of hydrogen-bond acceptors (Lipinski definition) is 2. The van der Waals surface area contributed by atoms with E-state index in [1.165, 1.54) is 66.3 Å². The number of hydrogen-bond donors (Lipinski definition) is 0. The number of benzene rings is 2. The Balaban J connectivity index is 1.94. The molecular formula is C29H40O2. The van der Waals surface area contributed by atoms with E-state index in [-0.39, 0.29) is 5.92 Å². The highest BCUT2D eigenvalue weighted by atomic mass is 16.7. The smallest absolute Gasteiger partial charge is 0.194 e. The molecule has 3 rings (SSSR count). The Morgan fingerprint density at radius 2 is 1.55 bits per heavy atom. The lowest BCUT2D eigenvalue weighted by Crippen LogP contribution is -2.41. The van der Waals surface area contributed by atoms with Crippen LogP contribution in [0.3, 0.4) is 0 Å². The fourth-order valence-electron chi connectivity index (χ4n) is 5.16. The third-order valence-electron chi connectivity index (χ3n) is 6.62. The van der Waals surface area contributed by atoms with Crippen LogP contribution < -0.4 is 0 Å². The Kier molecular flexibility index (Phi) is 8.92. The summed E-state index contributed by atoms with van der Waals surface area (Å²) in [5, 5.41) is 0. The van der Waals surface area contributed by atoms with Gasteiger partial charge in [0.1, 0.15) is 0 Å². The third kappa shape index (κ3) is 5.30. The minimum absolute atomic E-state index is 0.139. The molecule has 0 saturated heterocycles. The fraction of sp³-hybridized carbons (Fsp3) is 0.517. The van der Waals surface area contributed by atoms with E-state index in [1.54, 1.807) is 0 Å². The van der Waals surface area contributed by atoms with E-state index >= 15 is 0 Å². The van der Waals surface area contributed by atoms with E-state index in [0.717, 1.165) is 12.8 Å². The number of unbranched alkanes of at least 4 members (excludes halogenated alkanes) is 5. The van der Waals surface area contributed by atoms with Crippen LogP contribution in [0, 0.1) is 0 Å². The number of rotatable bonds is 14. The zero-order valence-electron chi connectivity index (χ0n) is 19.8. The van der Waals surface area contributed by atoms with Gasteiger partial charge in [-0.15, -0.1) is 0 Å². The second kappa shape index (κ2) is 11.6. The van der Waals surface area contributed by atoms with Crippen molar-refractivity contribution in [2.24, 2.45) is 0 Å². The van der Waals surface area contributed by atoms with Gasteiger partial charge in [-0.2, -0.15) is 0 Å². The molecule has 0 spiro atoms. The maximum atomic E-state index is 6.33. The Morgan fingerprint density at radius 3 is 2.26 bits per heavy atom. The van der Waals surface area contributed by atoms with E-state index in [9.17, 15) is 0 Å². The molecule has 168 valence electrons. The predicted molar refractivity (Wildman–Crippen MR) is 132 cm³/mol. The van der Waals surface area contributed by atoms with Gasteiger partial charge in [0, 0.05) is 19.1 Å². The van der Waals surface area contributed by atoms with Crippen molar-refractivity contribution in [3.05, 3.63) is 71.8 Å². The van der Waals surface area contributed by atoms with Gasteiger partial charge < -0.3 is 9.47 Å². The van der Waals surface area contributed by atoms with Gasteiger partial charge in [-0.3, -0.25) is 0 Å². The third-order valence-corrected chi connectivity index (χ3v) is 6.62. The maximum absolute atomic E-state index is 6.33. The van der Waals surface area contributed by atoms with Crippen LogP contribution in [0.2, 0.25) is 0 Å². The molecule has 31 heavy (non-hydrogen) atoms. The van der Waals surface area contributed by atoms with Crippen LogP contribution in [0.25, 0.3) is 11.1 Å². The highest BCUT2D eigenvalue weighted by Gasteiger charge is 2.40. The van der Waals surface area contributed by atoms with E-state index in [0.29, 0.717) is 13.2 Å². The normalized spacial score (nSPS) is 13.6. The first-order valence-corrected chi connectivity index (χ1v) is 12.3. The fourth-order valence-corrected chi connectivity index (χ4v) is 5.16. The second-order valence-electron chi connectivity index (χ2n) is 8.61. The number of ether oxygens (including phenoxy) is 2. The molecule has 0 N–H and O–H groups in total. The summed E-state index contributed by atoms with van der Waals surface area (Å²) in [6, 6.07) is 15.6. The van der Waals surface area contributed by atoms with E-state index in [2.05, 4.69) is 56.0 Å². The van der Waals surface area contributed by atoms with Gasteiger partial charge in [0.25, 0.3) is 0 Å². The molecule has 1 atom stereocenters. The van der Waals surface area contributed by atoms with Crippen molar-refractivity contribution in [3.8, 4) is 11.1 Å². The SMILES string of the molecule is C=CC(OCC)(OCC)C(CCCCCCCC)c1cccc2c1Cc1ccccc1-2. The molecule has 0 fully saturated rings. The first-order valence-electron chi connectivity index (χ1n) is 12.3. The van der Waals surface area contributed by atoms with Crippen molar-refractivity contribution in [3.63, 3.8) is 0 Å². The zero-order valence-corrected chi connectivity index (χ0v) is 19.8. The van der Waals surface area contributed by atoms with E-state index in [4.69, 9.17) is 9.47 Å². The molecule has 2 aromatic rings. The van der Waals surface area contributed by atoms with Crippen LogP contribution in [-0.2, 0) is 15.9 Å². The largest absolute Gasteiger partial charge is 0.346 e. The molecule has 0 aromatic heterocycles. The van der Waals surface area contributed by atoms with Crippen molar-refractivity contribution >= 4 is 0 Å². The van der Waals surface area contributed by atoms with Crippen LogP contribution in [0.4, 0.5) is 0 Å². The van der Waals surface area contributed by atoms with Crippen molar-refractivity contribution in [1.82, 2.24) is 0 Å². The first kappa shape index (κ1) is 23.8. The first-order chi connectivity index (χ1) is 15.2. The average molecular weight is 421 g/mol. The van der Waals surface area contributed by atoms with Crippen molar-refractivity contribution in [2.75, 3.05) is 13.2 Å². The van der Waals surface area contributed by atoms with Crippen LogP contribution in [0.1, 0.15) is 88.3 Å². The minimum Gasteiger partial charge on any atom is -0.346 e. The lowest BCUT2D eigenvalue weighted by atomic mass is 9.81. The molecular weight excluding hydrogens is 380 g/mol. The molecule has 0 heterocycles. The average Bonchev–Trinajstić information content (AvgIpc) is 3.18. The minimum atomic E-state index is -0.781. The van der Waals surface area contributed by atoms with Gasteiger partial charge in [0.05, 0.1) is 0 Å². The predicted octanol–water partition coefficient (Wildman–Crippen LogP) is 8.05. The topological polar surface area (TPSA) is 18.5 Å². The summed E-state index contributed by atoms with van der Waals surface area (Å²) in [4.78, 5) is 0. The van der Waals surface area contributed by atoms with Crippen LogP contribution in [-0.4, -0.2) is 19.0 Å². The summed E-state index contributed by atoms with van der Waals surface area (Å²) in [5.41, 5.74) is 6.95. The summed E-state index contributed by atoms with van der Waals surface area (Å²) in [6.07, 6.45) is 11.6. The highest BCUT2D eigenvalue weighted by molar-refractivity contribution is 5.78. The van der Waals surface area contributed by atoms with E-state index in [1.807, 2.05) is 19.9 Å². The summed E-state index contributed by atoms with van der Waals surface area (Å²) < 4.78 is 12.7. The molecule has 0 aliphatic heterocycles. The van der Waals surface area contributed by atoms with Crippen molar-refractivity contribution in [1.29, 1.82) is 0 Å². The molecule has 0 saturated carbocycles. The monoisotopic (exact) mass is 420 g/mol. The maximum Gasteiger partial charge on any atom is 0.194 e. The van der Waals surface area contributed by atoms with Gasteiger partial charge in [0.2, 0.25) is 0 Å². The zero-order chi connectivity index (χ0) is 22.1. The number of fused-ring (bicyclic) bond motifs is 3. The van der Waals surface area contributed by atoms with Gasteiger partial charge in [0.15, 0.2) is 5.79 Å². The van der Waals surface area contributed by atoms with Gasteiger partial charge in [-0.1, -0.05) is 94.5 Å². The molecule has 2 nitrogen and oxygen atoms in total. The van der Waals surface area contributed by atoms with E-state index < -0.39 is 5.79 Å². The lowest BCUT2D eigenvalue weighted by molar-refractivity contribution is -0.214. The van der Waals surface area contributed by atoms with Gasteiger partial charge >= 0.3 is 0 Å². The highest BCUT2D eigenvalue weighted by Crippen LogP contribution is 2.45. The summed E-state index contributed by atoms with van der Waals surface area (Å²) >= 11 is 0. The molecule has 2 aromatic carbocycles. The van der Waals surface area contributed by atoms with Crippen LogP contribution >= 0.6 is 0 Å².